The van der Waals surface area contributed by atoms with Crippen molar-refractivity contribution in [3.63, 3.8) is 0 Å². The number of amides is 2. The first-order chi connectivity index (χ1) is 16.2. The molecule has 3 aliphatic heterocycles. The van der Waals surface area contributed by atoms with Crippen LogP contribution in [0.25, 0.3) is 0 Å². The van der Waals surface area contributed by atoms with E-state index in [0.717, 1.165) is 5.69 Å². The Balaban J connectivity index is 1.35. The van der Waals surface area contributed by atoms with E-state index in [1.165, 1.54) is 0 Å². The Morgan fingerprint density at radius 1 is 1.00 bits per heavy atom. The minimum absolute atomic E-state index is 0.133. The van der Waals surface area contributed by atoms with E-state index in [2.05, 4.69) is 4.98 Å². The Labute approximate surface area is 190 Å². The monoisotopic (exact) mass is 443 g/mol. The van der Waals surface area contributed by atoms with Crippen molar-refractivity contribution in [1.29, 1.82) is 0 Å². The number of para-hydroxylation sites is 2. The molecule has 1 fully saturated rings. The Morgan fingerprint density at radius 2 is 1.85 bits per heavy atom. The molecule has 8 heteroatoms. The van der Waals surface area contributed by atoms with Crippen LogP contribution in [0.15, 0.2) is 66.9 Å². The zero-order valence-corrected chi connectivity index (χ0v) is 17.7. The second kappa shape index (κ2) is 7.81. The zero-order chi connectivity index (χ0) is 22.4. The van der Waals surface area contributed by atoms with Gasteiger partial charge in [0, 0.05) is 18.2 Å². The Kier molecular flexibility index (Phi) is 4.64. The molecule has 0 saturated carbocycles. The normalized spacial score (nSPS) is 20.7. The number of pyridine rings is 1. The topological polar surface area (TPSA) is 81.2 Å². The highest BCUT2D eigenvalue weighted by atomic mass is 16.7. The largest absolute Gasteiger partial charge is 0.486 e. The van der Waals surface area contributed by atoms with E-state index in [4.69, 9.17) is 14.2 Å². The highest BCUT2D eigenvalue weighted by Crippen LogP contribution is 2.38. The predicted molar refractivity (Wildman–Crippen MR) is 118 cm³/mol. The Hall–Kier alpha value is -4.07. The zero-order valence-electron chi connectivity index (χ0n) is 17.7. The van der Waals surface area contributed by atoms with Crippen molar-refractivity contribution in [2.45, 2.75) is 25.1 Å². The van der Waals surface area contributed by atoms with Crippen LogP contribution in [0, 0.1) is 0 Å². The van der Waals surface area contributed by atoms with Gasteiger partial charge in [-0.1, -0.05) is 18.2 Å². The summed E-state index contributed by atoms with van der Waals surface area (Å²) in [5, 5.41) is 0. The summed E-state index contributed by atoms with van der Waals surface area (Å²) in [6.07, 6.45) is 1.87. The minimum atomic E-state index is -0.634. The van der Waals surface area contributed by atoms with E-state index in [1.807, 2.05) is 42.5 Å². The van der Waals surface area contributed by atoms with Gasteiger partial charge in [0.2, 0.25) is 12.7 Å². The third-order valence-electron chi connectivity index (χ3n) is 6.19. The first-order valence-electron chi connectivity index (χ1n) is 10.8. The van der Waals surface area contributed by atoms with Crippen LogP contribution in [0.4, 0.5) is 5.69 Å². The molecule has 2 atom stereocenters. The number of likely N-dealkylation sites (tertiary alicyclic amines) is 1. The van der Waals surface area contributed by atoms with Crippen molar-refractivity contribution in [3.8, 4) is 17.2 Å². The molecule has 2 unspecified atom stereocenters. The Morgan fingerprint density at radius 3 is 2.73 bits per heavy atom. The molecular weight excluding hydrogens is 422 g/mol. The van der Waals surface area contributed by atoms with Crippen LogP contribution < -0.4 is 19.1 Å². The molecule has 3 aromatic rings. The fourth-order valence-electron chi connectivity index (χ4n) is 4.61. The van der Waals surface area contributed by atoms with Gasteiger partial charge in [0.25, 0.3) is 5.91 Å². The summed E-state index contributed by atoms with van der Waals surface area (Å²) in [6, 6.07) is 17.5. The number of hydrogen-bond donors (Lipinski definition) is 0. The third-order valence-corrected chi connectivity index (χ3v) is 6.19. The van der Waals surface area contributed by atoms with Gasteiger partial charge < -0.3 is 24.0 Å². The highest BCUT2D eigenvalue weighted by Gasteiger charge is 2.45. The number of nitrogens with zero attached hydrogens (tertiary/aromatic N) is 3. The van der Waals surface area contributed by atoms with Crippen molar-refractivity contribution in [3.05, 3.63) is 78.1 Å². The minimum Gasteiger partial charge on any atom is -0.486 e. The number of ether oxygens (including phenoxy) is 3. The van der Waals surface area contributed by atoms with Crippen LogP contribution in [-0.2, 0) is 11.3 Å². The molecule has 2 amide bonds. The number of hydrogen-bond acceptors (Lipinski definition) is 6. The molecule has 4 heterocycles. The van der Waals surface area contributed by atoms with E-state index in [9.17, 15) is 9.59 Å². The van der Waals surface area contributed by atoms with E-state index in [0.29, 0.717) is 41.5 Å². The molecule has 33 heavy (non-hydrogen) atoms. The lowest BCUT2D eigenvalue weighted by molar-refractivity contribution is -0.122. The number of aromatic nitrogens is 1. The van der Waals surface area contributed by atoms with Crippen LogP contribution in [0.1, 0.15) is 22.5 Å². The quantitative estimate of drug-likeness (QED) is 0.619. The lowest BCUT2D eigenvalue weighted by Crippen LogP contribution is -2.48. The molecule has 166 valence electrons. The van der Waals surface area contributed by atoms with E-state index >= 15 is 0 Å². The number of rotatable bonds is 3. The number of benzene rings is 2. The maximum absolute atomic E-state index is 13.9. The maximum Gasteiger partial charge on any atom is 0.254 e. The summed E-state index contributed by atoms with van der Waals surface area (Å²) in [4.78, 5) is 35.0. The van der Waals surface area contributed by atoms with Crippen LogP contribution in [-0.4, -0.2) is 47.2 Å². The van der Waals surface area contributed by atoms with Gasteiger partial charge in [0.05, 0.1) is 24.5 Å². The van der Waals surface area contributed by atoms with Gasteiger partial charge in [-0.3, -0.25) is 14.6 Å². The van der Waals surface area contributed by atoms with Gasteiger partial charge in [-0.25, -0.2) is 0 Å². The SMILES string of the molecule is O=C1C2CC(CN2C(=O)c2ccc3c(c2)OCO3)Oc2ccccc2N1Cc1ccccn1. The van der Waals surface area contributed by atoms with Crippen LogP contribution >= 0.6 is 0 Å². The smallest absolute Gasteiger partial charge is 0.254 e. The molecule has 3 aliphatic rings. The van der Waals surface area contributed by atoms with Gasteiger partial charge in [0.1, 0.15) is 17.9 Å². The molecule has 0 N–H and O–H groups in total. The summed E-state index contributed by atoms with van der Waals surface area (Å²) < 4.78 is 17.1. The van der Waals surface area contributed by atoms with Gasteiger partial charge in [-0.05, 0) is 42.5 Å². The third kappa shape index (κ3) is 3.44. The van der Waals surface area contributed by atoms with Gasteiger partial charge >= 0.3 is 0 Å². The second-order valence-electron chi connectivity index (χ2n) is 8.23. The van der Waals surface area contributed by atoms with Gasteiger partial charge in [0.15, 0.2) is 11.5 Å². The molecule has 2 aromatic carbocycles. The predicted octanol–water partition coefficient (Wildman–Crippen LogP) is 3.02. The fraction of sp³-hybridized carbons (Fsp3) is 0.240. The molecule has 1 aromatic heterocycles. The first-order valence-corrected chi connectivity index (χ1v) is 10.8. The average Bonchev–Trinajstić information content (AvgIpc) is 3.49. The summed E-state index contributed by atoms with van der Waals surface area (Å²) in [6.45, 7) is 0.747. The maximum atomic E-state index is 13.9. The molecule has 0 aliphatic carbocycles. The number of carbonyl (C=O) groups excluding carboxylic acids is 2. The number of fused-ring (bicyclic) bond motifs is 4. The van der Waals surface area contributed by atoms with E-state index in [1.54, 1.807) is 34.2 Å². The van der Waals surface area contributed by atoms with Crippen molar-refractivity contribution >= 4 is 17.5 Å². The molecule has 1 saturated heterocycles. The number of carbonyl (C=O) groups is 2. The van der Waals surface area contributed by atoms with E-state index in [-0.39, 0.29) is 31.3 Å². The molecule has 0 spiro atoms. The molecule has 2 bridgehead atoms. The van der Waals surface area contributed by atoms with Gasteiger partial charge in [-0.15, -0.1) is 0 Å². The van der Waals surface area contributed by atoms with Crippen molar-refractivity contribution < 1.29 is 23.8 Å². The molecule has 6 rings (SSSR count). The van der Waals surface area contributed by atoms with Crippen LogP contribution in [0.3, 0.4) is 0 Å². The molecular formula is C25H21N3O5. The molecule has 0 radical (unpaired) electrons. The summed E-state index contributed by atoms with van der Waals surface area (Å²) in [5.41, 5.74) is 1.88. The summed E-state index contributed by atoms with van der Waals surface area (Å²) >= 11 is 0. The van der Waals surface area contributed by atoms with Crippen molar-refractivity contribution in [2.75, 3.05) is 18.2 Å². The first kappa shape index (κ1) is 19.6. The van der Waals surface area contributed by atoms with Crippen molar-refractivity contribution in [1.82, 2.24) is 9.88 Å². The lowest BCUT2D eigenvalue weighted by Gasteiger charge is -2.31. The summed E-state index contributed by atoms with van der Waals surface area (Å²) in [7, 11) is 0. The van der Waals surface area contributed by atoms with Gasteiger partial charge in [-0.2, -0.15) is 0 Å². The van der Waals surface area contributed by atoms with Crippen LogP contribution in [0.2, 0.25) is 0 Å². The second-order valence-corrected chi connectivity index (χ2v) is 8.23. The standard InChI is InChI=1S/C25H21N3O5/c29-24(16-8-9-22-23(11-16)32-15-31-22)28-14-18-12-20(28)25(30)27(13-17-5-3-4-10-26-17)19-6-1-2-7-21(19)33-18/h1-11,18,20H,12-15H2. The van der Waals surface area contributed by atoms with Crippen molar-refractivity contribution in [2.24, 2.45) is 0 Å². The fourth-order valence-corrected chi connectivity index (χ4v) is 4.61. The highest BCUT2D eigenvalue weighted by molar-refractivity contribution is 6.04. The van der Waals surface area contributed by atoms with Crippen LogP contribution in [0.5, 0.6) is 17.2 Å². The molecule has 8 nitrogen and oxygen atoms in total. The Bertz CT molecular complexity index is 1230. The number of anilines is 1. The van der Waals surface area contributed by atoms with E-state index < -0.39 is 6.04 Å². The average molecular weight is 443 g/mol. The lowest BCUT2D eigenvalue weighted by atomic mass is 10.1. The summed E-state index contributed by atoms with van der Waals surface area (Å²) in [5.74, 6) is 1.39.